The van der Waals surface area contributed by atoms with E-state index in [9.17, 15) is 0 Å². The maximum absolute atomic E-state index is 4.28. The second-order valence-corrected chi connectivity index (χ2v) is 5.19. The Morgan fingerprint density at radius 3 is 2.47 bits per heavy atom. The average molecular weight is 265 g/mol. The van der Waals surface area contributed by atoms with E-state index >= 15 is 0 Å². The van der Waals surface area contributed by atoms with Crippen LogP contribution in [0.1, 0.15) is 37.7 Å². The predicted octanol–water partition coefficient (Wildman–Crippen LogP) is 5.04. The summed E-state index contributed by atoms with van der Waals surface area (Å²) in [5, 5.41) is 0. The van der Waals surface area contributed by atoms with Crippen molar-refractivity contribution in [1.29, 1.82) is 0 Å². The Morgan fingerprint density at radius 1 is 1.13 bits per heavy atom. The molecule has 1 aliphatic carbocycles. The summed E-state index contributed by atoms with van der Waals surface area (Å²) < 4.78 is 1.18. The predicted molar refractivity (Wildman–Crippen MR) is 69.8 cm³/mol. The summed E-state index contributed by atoms with van der Waals surface area (Å²) >= 11 is 3.60. The molecule has 0 atom stereocenters. The summed E-state index contributed by atoms with van der Waals surface area (Å²) in [6.45, 7) is 4.28. The number of hydrogen-bond acceptors (Lipinski definition) is 0. The summed E-state index contributed by atoms with van der Waals surface area (Å²) in [4.78, 5) is 0. The van der Waals surface area contributed by atoms with Crippen LogP contribution in [0.5, 0.6) is 0 Å². The first kappa shape index (κ1) is 10.9. The van der Waals surface area contributed by atoms with E-state index < -0.39 is 0 Å². The number of halogens is 1. The van der Waals surface area contributed by atoms with Gasteiger partial charge in [0.05, 0.1) is 0 Å². The molecule has 2 rings (SSSR count). The van der Waals surface area contributed by atoms with Crippen molar-refractivity contribution >= 4 is 21.5 Å². The van der Waals surface area contributed by atoms with Gasteiger partial charge < -0.3 is 0 Å². The second kappa shape index (κ2) is 4.98. The standard InChI is InChI=1S/C14H17Br/c1-11(12-7-3-2-4-8-12)13-9-5-6-10-14(13)15/h5-6,9-10,12H,1-4,7-8H2. The van der Waals surface area contributed by atoms with E-state index in [0.29, 0.717) is 5.92 Å². The zero-order valence-corrected chi connectivity index (χ0v) is 10.6. The van der Waals surface area contributed by atoms with Gasteiger partial charge in [0.1, 0.15) is 0 Å². The zero-order chi connectivity index (χ0) is 10.7. The quantitative estimate of drug-likeness (QED) is 0.702. The van der Waals surface area contributed by atoms with Gasteiger partial charge in [-0.15, -0.1) is 0 Å². The van der Waals surface area contributed by atoms with E-state index in [4.69, 9.17) is 0 Å². The van der Waals surface area contributed by atoms with E-state index in [0.717, 1.165) is 0 Å². The summed E-state index contributed by atoms with van der Waals surface area (Å²) in [5.74, 6) is 0.706. The van der Waals surface area contributed by atoms with Crippen LogP contribution < -0.4 is 0 Å². The maximum atomic E-state index is 4.28. The highest BCUT2D eigenvalue weighted by molar-refractivity contribution is 9.10. The molecule has 1 fully saturated rings. The van der Waals surface area contributed by atoms with Gasteiger partial charge in [0.2, 0.25) is 0 Å². The molecule has 0 radical (unpaired) electrons. The number of allylic oxidation sites excluding steroid dienone is 1. The number of benzene rings is 1. The molecule has 0 aliphatic heterocycles. The number of hydrogen-bond donors (Lipinski definition) is 0. The monoisotopic (exact) mass is 264 g/mol. The molecule has 0 unspecified atom stereocenters. The minimum atomic E-state index is 0.706. The average Bonchev–Trinajstić information content (AvgIpc) is 2.30. The lowest BCUT2D eigenvalue weighted by molar-refractivity contribution is 0.430. The molecule has 0 heterocycles. The van der Waals surface area contributed by atoms with E-state index in [-0.39, 0.29) is 0 Å². The minimum Gasteiger partial charge on any atom is -0.0949 e. The van der Waals surface area contributed by atoms with Gasteiger partial charge >= 0.3 is 0 Å². The molecule has 1 aromatic carbocycles. The highest BCUT2D eigenvalue weighted by atomic mass is 79.9. The maximum Gasteiger partial charge on any atom is 0.0250 e. The van der Waals surface area contributed by atoms with E-state index in [2.05, 4.69) is 46.8 Å². The van der Waals surface area contributed by atoms with Crippen molar-refractivity contribution in [3.05, 3.63) is 40.9 Å². The lowest BCUT2D eigenvalue weighted by atomic mass is 9.82. The minimum absolute atomic E-state index is 0.706. The molecule has 0 spiro atoms. The highest BCUT2D eigenvalue weighted by Gasteiger charge is 2.18. The Hall–Kier alpha value is -0.560. The molecule has 80 valence electrons. The molecule has 0 nitrogen and oxygen atoms in total. The van der Waals surface area contributed by atoms with Gasteiger partial charge in [0.15, 0.2) is 0 Å². The Bertz CT molecular complexity index is 348. The van der Waals surface area contributed by atoms with Crippen molar-refractivity contribution in [3.8, 4) is 0 Å². The Labute approximate surface area is 101 Å². The van der Waals surface area contributed by atoms with Crippen molar-refractivity contribution in [3.63, 3.8) is 0 Å². The molecule has 0 bridgehead atoms. The van der Waals surface area contributed by atoms with Crippen LogP contribution in [-0.4, -0.2) is 0 Å². The highest BCUT2D eigenvalue weighted by Crippen LogP contribution is 2.36. The van der Waals surface area contributed by atoms with Crippen LogP contribution in [0, 0.1) is 5.92 Å². The van der Waals surface area contributed by atoms with Crippen LogP contribution in [0.4, 0.5) is 0 Å². The SMILES string of the molecule is C=C(c1ccccc1Br)C1CCCCC1. The third kappa shape index (κ3) is 2.52. The molecule has 1 aliphatic rings. The summed E-state index contributed by atoms with van der Waals surface area (Å²) in [5.41, 5.74) is 2.62. The zero-order valence-electron chi connectivity index (χ0n) is 9.01. The summed E-state index contributed by atoms with van der Waals surface area (Å²) in [7, 11) is 0. The topological polar surface area (TPSA) is 0 Å². The smallest absolute Gasteiger partial charge is 0.0250 e. The largest absolute Gasteiger partial charge is 0.0949 e. The first-order chi connectivity index (χ1) is 7.29. The number of rotatable bonds is 2. The molecular formula is C14H17Br. The molecule has 0 aromatic heterocycles. The summed E-state index contributed by atoms with van der Waals surface area (Å²) in [6, 6.07) is 8.42. The van der Waals surface area contributed by atoms with Crippen LogP contribution in [-0.2, 0) is 0 Å². The summed E-state index contributed by atoms with van der Waals surface area (Å²) in [6.07, 6.45) is 6.78. The van der Waals surface area contributed by atoms with Crippen molar-refractivity contribution in [2.45, 2.75) is 32.1 Å². The van der Waals surface area contributed by atoms with Crippen molar-refractivity contribution in [2.75, 3.05) is 0 Å². The molecule has 0 amide bonds. The van der Waals surface area contributed by atoms with Crippen LogP contribution in [0.3, 0.4) is 0 Å². The van der Waals surface area contributed by atoms with Crippen LogP contribution >= 0.6 is 15.9 Å². The van der Waals surface area contributed by atoms with Gasteiger partial charge in [0, 0.05) is 4.47 Å². The van der Waals surface area contributed by atoms with Gasteiger partial charge in [-0.2, -0.15) is 0 Å². The van der Waals surface area contributed by atoms with Crippen molar-refractivity contribution in [2.24, 2.45) is 5.92 Å². The van der Waals surface area contributed by atoms with Crippen molar-refractivity contribution < 1.29 is 0 Å². The fraction of sp³-hybridized carbons (Fsp3) is 0.429. The normalized spacial score (nSPS) is 17.7. The van der Waals surface area contributed by atoms with Crippen LogP contribution in [0.2, 0.25) is 0 Å². The second-order valence-electron chi connectivity index (χ2n) is 4.34. The first-order valence-electron chi connectivity index (χ1n) is 5.73. The lowest BCUT2D eigenvalue weighted by Crippen LogP contribution is -2.08. The fourth-order valence-corrected chi connectivity index (χ4v) is 2.93. The third-order valence-corrected chi connectivity index (χ3v) is 4.01. The van der Waals surface area contributed by atoms with E-state index in [1.54, 1.807) is 0 Å². The third-order valence-electron chi connectivity index (χ3n) is 3.32. The molecule has 0 saturated heterocycles. The molecule has 1 aromatic rings. The molecule has 1 saturated carbocycles. The lowest BCUT2D eigenvalue weighted by Gasteiger charge is -2.24. The van der Waals surface area contributed by atoms with E-state index in [1.165, 1.54) is 47.7 Å². The Kier molecular flexibility index (Phi) is 3.63. The van der Waals surface area contributed by atoms with Crippen molar-refractivity contribution in [1.82, 2.24) is 0 Å². The first-order valence-corrected chi connectivity index (χ1v) is 6.52. The van der Waals surface area contributed by atoms with Crippen LogP contribution in [0.25, 0.3) is 5.57 Å². The Balaban J connectivity index is 2.16. The van der Waals surface area contributed by atoms with E-state index in [1.807, 2.05) is 0 Å². The van der Waals surface area contributed by atoms with Gasteiger partial charge in [0.25, 0.3) is 0 Å². The van der Waals surface area contributed by atoms with Crippen LogP contribution in [0.15, 0.2) is 35.3 Å². The van der Waals surface area contributed by atoms with Gasteiger partial charge in [-0.1, -0.05) is 60.0 Å². The van der Waals surface area contributed by atoms with Gasteiger partial charge in [-0.25, -0.2) is 0 Å². The van der Waals surface area contributed by atoms with Gasteiger partial charge in [-0.3, -0.25) is 0 Å². The van der Waals surface area contributed by atoms with Gasteiger partial charge in [-0.05, 0) is 36.0 Å². The molecule has 1 heteroatoms. The fourth-order valence-electron chi connectivity index (χ4n) is 2.39. The molecule has 15 heavy (non-hydrogen) atoms. The Morgan fingerprint density at radius 2 is 1.80 bits per heavy atom. The molecule has 0 N–H and O–H groups in total. The molecular weight excluding hydrogens is 248 g/mol.